The summed E-state index contributed by atoms with van der Waals surface area (Å²) in [7, 11) is -6.99. The summed E-state index contributed by atoms with van der Waals surface area (Å²) >= 11 is 0. The molecule has 1 saturated heterocycles. The molecular weight excluding hydrogens is 366 g/mol. The lowest BCUT2D eigenvalue weighted by Gasteiger charge is -2.23. The first-order valence-electron chi connectivity index (χ1n) is 8.05. The van der Waals surface area contributed by atoms with E-state index in [0.29, 0.717) is 12.0 Å². The van der Waals surface area contributed by atoms with E-state index in [4.69, 9.17) is 0 Å². The van der Waals surface area contributed by atoms with Gasteiger partial charge in [0.1, 0.15) is 0 Å². The van der Waals surface area contributed by atoms with Crippen molar-refractivity contribution in [1.29, 1.82) is 0 Å². The van der Waals surface area contributed by atoms with Crippen molar-refractivity contribution < 1.29 is 26.7 Å². The minimum absolute atomic E-state index is 0.000421. The topological polar surface area (TPSA) is 109 Å². The number of aliphatic carboxylic acids is 1. The summed E-state index contributed by atoms with van der Waals surface area (Å²) in [5.41, 5.74) is -0.453. The molecule has 1 aliphatic heterocycles. The van der Waals surface area contributed by atoms with Crippen molar-refractivity contribution in [2.24, 2.45) is 11.3 Å². The van der Waals surface area contributed by atoms with Crippen molar-refractivity contribution in [1.82, 2.24) is 4.31 Å². The highest BCUT2D eigenvalue weighted by molar-refractivity contribution is 7.90. The summed E-state index contributed by atoms with van der Waals surface area (Å²) in [6.45, 7) is 0.222. The van der Waals surface area contributed by atoms with E-state index in [2.05, 4.69) is 0 Å². The minimum atomic E-state index is -3.79. The first-order valence-corrected chi connectivity index (χ1v) is 11.5. The van der Waals surface area contributed by atoms with Gasteiger partial charge in [0.2, 0.25) is 10.0 Å². The number of rotatable bonds is 5. The lowest BCUT2D eigenvalue weighted by Crippen LogP contribution is -2.37. The van der Waals surface area contributed by atoms with Crippen molar-refractivity contribution >= 4 is 25.8 Å². The first kappa shape index (κ1) is 18.3. The lowest BCUT2D eigenvalue weighted by molar-refractivity contribution is -0.149. The summed E-state index contributed by atoms with van der Waals surface area (Å²) in [5, 5.41) is 9.59. The Labute approximate surface area is 147 Å². The van der Waals surface area contributed by atoms with Crippen LogP contribution in [0.2, 0.25) is 0 Å². The van der Waals surface area contributed by atoms with Gasteiger partial charge in [-0.05, 0) is 36.5 Å². The molecule has 0 unspecified atom stereocenters. The summed E-state index contributed by atoms with van der Waals surface area (Å²) in [5.74, 6) is -1.22. The Bertz CT molecular complexity index is 891. The highest BCUT2D eigenvalue weighted by atomic mass is 32.2. The first-order chi connectivity index (χ1) is 11.5. The van der Waals surface area contributed by atoms with E-state index in [1.807, 2.05) is 0 Å². The van der Waals surface area contributed by atoms with Crippen LogP contribution in [0.5, 0.6) is 0 Å². The van der Waals surface area contributed by atoms with Crippen LogP contribution in [0.15, 0.2) is 29.2 Å². The van der Waals surface area contributed by atoms with Crippen LogP contribution < -0.4 is 0 Å². The van der Waals surface area contributed by atoms with E-state index in [9.17, 15) is 26.7 Å². The molecule has 1 aromatic rings. The van der Waals surface area contributed by atoms with E-state index in [0.717, 1.165) is 19.1 Å². The van der Waals surface area contributed by atoms with Gasteiger partial charge in [-0.25, -0.2) is 16.8 Å². The molecule has 25 heavy (non-hydrogen) atoms. The minimum Gasteiger partial charge on any atom is -0.481 e. The average molecular weight is 387 g/mol. The van der Waals surface area contributed by atoms with E-state index in [1.165, 1.54) is 28.6 Å². The maximum Gasteiger partial charge on any atom is 0.311 e. The molecule has 1 heterocycles. The largest absolute Gasteiger partial charge is 0.481 e. The van der Waals surface area contributed by atoms with Crippen LogP contribution in [0.4, 0.5) is 0 Å². The molecule has 7 nitrogen and oxygen atoms in total. The van der Waals surface area contributed by atoms with Gasteiger partial charge in [-0.1, -0.05) is 18.6 Å². The second-order valence-corrected chi connectivity index (χ2v) is 11.1. The van der Waals surface area contributed by atoms with E-state index in [1.54, 1.807) is 0 Å². The number of hydrogen-bond acceptors (Lipinski definition) is 5. The highest BCUT2D eigenvalue weighted by Crippen LogP contribution is 2.50. The SMILES string of the molecule is CS(=O)(=O)Cc1ccc(S(=O)(=O)N2C[C@@H]3CCC[C@@]3(C(=O)O)C2)cc1. The summed E-state index contributed by atoms with van der Waals surface area (Å²) in [6, 6.07) is 5.74. The van der Waals surface area contributed by atoms with Gasteiger partial charge < -0.3 is 5.11 Å². The molecule has 0 spiro atoms. The summed E-state index contributed by atoms with van der Waals surface area (Å²) < 4.78 is 49.6. The number of benzene rings is 1. The molecule has 1 aliphatic carbocycles. The van der Waals surface area contributed by atoms with Crippen molar-refractivity contribution in [3.63, 3.8) is 0 Å². The molecule has 0 bridgehead atoms. The lowest BCUT2D eigenvalue weighted by atomic mass is 9.81. The van der Waals surface area contributed by atoms with E-state index in [-0.39, 0.29) is 29.7 Å². The number of carbonyl (C=O) groups is 1. The van der Waals surface area contributed by atoms with Crippen LogP contribution in [-0.2, 0) is 30.4 Å². The predicted octanol–water partition coefficient (Wildman–Crippen LogP) is 1.11. The molecule has 2 fully saturated rings. The van der Waals surface area contributed by atoms with Gasteiger partial charge in [-0.3, -0.25) is 4.79 Å². The van der Waals surface area contributed by atoms with Gasteiger partial charge in [-0.2, -0.15) is 4.31 Å². The molecule has 1 N–H and O–H groups in total. The van der Waals surface area contributed by atoms with Gasteiger partial charge in [0.05, 0.1) is 16.1 Å². The summed E-state index contributed by atoms with van der Waals surface area (Å²) in [4.78, 5) is 11.8. The maximum atomic E-state index is 12.8. The smallest absolute Gasteiger partial charge is 0.311 e. The number of nitrogens with zero attached hydrogens (tertiary/aromatic N) is 1. The number of carboxylic acid groups (broad SMARTS) is 1. The fraction of sp³-hybridized carbons (Fsp3) is 0.562. The molecule has 0 aromatic heterocycles. The molecule has 2 atom stereocenters. The van der Waals surface area contributed by atoms with Crippen molar-refractivity contribution in [2.45, 2.75) is 29.9 Å². The third kappa shape index (κ3) is 3.32. The zero-order valence-electron chi connectivity index (χ0n) is 13.9. The monoisotopic (exact) mass is 387 g/mol. The van der Waals surface area contributed by atoms with Crippen molar-refractivity contribution in [2.75, 3.05) is 19.3 Å². The Hall–Kier alpha value is -1.45. The van der Waals surface area contributed by atoms with Gasteiger partial charge in [0.15, 0.2) is 9.84 Å². The molecule has 2 aliphatic rings. The Morgan fingerprint density at radius 1 is 1.24 bits per heavy atom. The van der Waals surface area contributed by atoms with E-state index < -0.39 is 31.2 Å². The Balaban J connectivity index is 1.84. The molecule has 9 heteroatoms. The maximum absolute atomic E-state index is 12.8. The van der Waals surface area contributed by atoms with Gasteiger partial charge in [-0.15, -0.1) is 0 Å². The number of sulfone groups is 1. The Kier molecular flexibility index (Phi) is 4.45. The van der Waals surface area contributed by atoms with Gasteiger partial charge >= 0.3 is 5.97 Å². The molecular formula is C16H21NO6S2. The molecule has 1 aromatic carbocycles. The fourth-order valence-corrected chi connectivity index (χ4v) is 6.34. The Morgan fingerprint density at radius 2 is 1.88 bits per heavy atom. The molecule has 3 rings (SSSR count). The van der Waals surface area contributed by atoms with Crippen LogP contribution in [0, 0.1) is 11.3 Å². The normalized spacial score (nSPS) is 27.3. The number of fused-ring (bicyclic) bond motifs is 1. The number of carboxylic acids is 1. The zero-order valence-corrected chi connectivity index (χ0v) is 15.5. The molecule has 1 saturated carbocycles. The molecule has 138 valence electrons. The predicted molar refractivity (Wildman–Crippen MR) is 91.2 cm³/mol. The van der Waals surface area contributed by atoms with Gasteiger partial charge in [0.25, 0.3) is 0 Å². The Morgan fingerprint density at radius 3 is 2.40 bits per heavy atom. The summed E-state index contributed by atoms with van der Waals surface area (Å²) in [6.07, 6.45) is 3.16. The van der Waals surface area contributed by atoms with E-state index >= 15 is 0 Å². The number of hydrogen-bond donors (Lipinski definition) is 1. The third-order valence-corrected chi connectivity index (χ3v) is 7.94. The van der Waals surface area contributed by atoms with Crippen molar-refractivity contribution in [3.8, 4) is 0 Å². The van der Waals surface area contributed by atoms with Crippen LogP contribution in [0.3, 0.4) is 0 Å². The van der Waals surface area contributed by atoms with Crippen LogP contribution >= 0.6 is 0 Å². The molecule has 0 amide bonds. The fourth-order valence-electron chi connectivity index (χ4n) is 3.99. The van der Waals surface area contributed by atoms with Crippen LogP contribution in [0.25, 0.3) is 0 Å². The number of sulfonamides is 1. The average Bonchev–Trinajstić information content (AvgIpc) is 3.04. The second-order valence-electron chi connectivity index (χ2n) is 7.06. The van der Waals surface area contributed by atoms with Crippen LogP contribution in [-0.4, -0.2) is 51.6 Å². The second kappa shape index (κ2) is 6.07. The molecule has 0 radical (unpaired) electrons. The van der Waals surface area contributed by atoms with Crippen molar-refractivity contribution in [3.05, 3.63) is 29.8 Å². The standard InChI is InChI=1S/C16H21NO6S2/c1-24(20,21)10-12-4-6-14(7-5-12)25(22,23)17-9-13-3-2-8-16(13,11-17)15(18)19/h4-7,13H,2-3,8-11H2,1H3,(H,18,19)/t13-,16+/m0/s1. The van der Waals surface area contributed by atoms with Gasteiger partial charge in [0, 0.05) is 19.3 Å². The third-order valence-electron chi connectivity index (χ3n) is 5.26. The highest BCUT2D eigenvalue weighted by Gasteiger charge is 2.57. The van der Waals surface area contributed by atoms with Crippen LogP contribution in [0.1, 0.15) is 24.8 Å². The zero-order chi connectivity index (χ0) is 18.5. The quantitative estimate of drug-likeness (QED) is 0.811.